The molecule has 3 rings (SSSR count). The summed E-state index contributed by atoms with van der Waals surface area (Å²) in [4.78, 5) is 28.1. The van der Waals surface area contributed by atoms with Crippen molar-refractivity contribution in [3.8, 4) is 0 Å². The Balaban J connectivity index is 1.66. The van der Waals surface area contributed by atoms with E-state index >= 15 is 0 Å². The first kappa shape index (κ1) is 17.8. The molecule has 138 valence electrons. The molecule has 0 aliphatic carbocycles. The molecule has 1 amide bonds. The highest BCUT2D eigenvalue weighted by Crippen LogP contribution is 2.22. The summed E-state index contributed by atoms with van der Waals surface area (Å²) in [6.45, 7) is 3.95. The Labute approximate surface area is 150 Å². The minimum Gasteiger partial charge on any atom is -0.365 e. The van der Waals surface area contributed by atoms with Crippen molar-refractivity contribution in [3.63, 3.8) is 0 Å². The summed E-state index contributed by atoms with van der Waals surface area (Å²) in [7, 11) is 0. The van der Waals surface area contributed by atoms with Gasteiger partial charge >= 0.3 is 0 Å². The van der Waals surface area contributed by atoms with Crippen LogP contribution >= 0.6 is 0 Å². The molecule has 0 saturated carbocycles. The van der Waals surface area contributed by atoms with Crippen LogP contribution in [0.5, 0.6) is 0 Å². The molecule has 0 spiro atoms. The molecular weight excluding hydrogens is 338 g/mol. The molecule has 1 saturated heterocycles. The molecule has 0 aromatic carbocycles. The van der Waals surface area contributed by atoms with Crippen molar-refractivity contribution in [2.75, 3.05) is 25.0 Å². The van der Waals surface area contributed by atoms with Crippen LogP contribution in [0.3, 0.4) is 0 Å². The zero-order valence-corrected chi connectivity index (χ0v) is 14.3. The molecule has 1 fully saturated rings. The number of piperidine rings is 1. The summed E-state index contributed by atoms with van der Waals surface area (Å²) in [5.74, 6) is -0.625. The van der Waals surface area contributed by atoms with Gasteiger partial charge in [0.2, 0.25) is 0 Å². The average Bonchev–Trinajstić information content (AvgIpc) is 3.08. The van der Waals surface area contributed by atoms with Gasteiger partial charge in [-0.3, -0.25) is 19.6 Å². The van der Waals surface area contributed by atoms with Gasteiger partial charge in [-0.1, -0.05) is 6.42 Å². The first-order valence-electron chi connectivity index (χ1n) is 8.49. The molecule has 0 bridgehead atoms. The van der Waals surface area contributed by atoms with Crippen LogP contribution < -0.4 is 11.1 Å². The normalized spacial score (nSPS) is 14.9. The number of hydrogen-bond acceptors (Lipinski definition) is 7. The molecule has 10 nitrogen and oxygen atoms in total. The van der Waals surface area contributed by atoms with Crippen LogP contribution in [0.1, 0.15) is 29.6 Å². The minimum absolute atomic E-state index is 0.0414. The Morgan fingerprint density at radius 1 is 1.27 bits per heavy atom. The topological polar surface area (TPSA) is 132 Å². The second kappa shape index (κ2) is 7.91. The summed E-state index contributed by atoms with van der Waals surface area (Å²) in [5, 5.41) is 18.1. The SMILES string of the molecule is NC(=O)c1cc([N+](=O)[O-])cnc1Nc1cnn(CCN2CCCCC2)c1. The molecule has 10 heteroatoms. The third-order valence-electron chi connectivity index (χ3n) is 4.34. The number of nitrogens with one attached hydrogen (secondary N) is 1. The molecule has 1 aliphatic rings. The highest BCUT2D eigenvalue weighted by molar-refractivity contribution is 5.98. The summed E-state index contributed by atoms with van der Waals surface area (Å²) in [5.41, 5.74) is 5.61. The van der Waals surface area contributed by atoms with E-state index in [-0.39, 0.29) is 17.1 Å². The zero-order valence-electron chi connectivity index (χ0n) is 14.3. The second-order valence-electron chi connectivity index (χ2n) is 6.23. The Bertz CT molecular complexity index is 799. The third kappa shape index (κ3) is 4.33. The quantitative estimate of drug-likeness (QED) is 0.565. The van der Waals surface area contributed by atoms with Crippen LogP contribution in [-0.2, 0) is 6.54 Å². The number of nitrogens with two attached hydrogens (primary N) is 1. The van der Waals surface area contributed by atoms with Gasteiger partial charge in [0, 0.05) is 18.8 Å². The Morgan fingerprint density at radius 2 is 2.04 bits per heavy atom. The van der Waals surface area contributed by atoms with E-state index in [1.165, 1.54) is 19.3 Å². The third-order valence-corrected chi connectivity index (χ3v) is 4.34. The number of amides is 1. The number of pyridine rings is 1. The lowest BCUT2D eigenvalue weighted by Crippen LogP contribution is -2.32. The number of primary amides is 1. The van der Waals surface area contributed by atoms with Crippen molar-refractivity contribution in [1.82, 2.24) is 19.7 Å². The number of nitrogens with zero attached hydrogens (tertiary/aromatic N) is 5. The van der Waals surface area contributed by atoms with Crippen molar-refractivity contribution in [3.05, 3.63) is 40.3 Å². The first-order valence-corrected chi connectivity index (χ1v) is 8.49. The number of rotatable bonds is 7. The van der Waals surface area contributed by atoms with E-state index in [2.05, 4.69) is 20.3 Å². The highest BCUT2D eigenvalue weighted by atomic mass is 16.6. The fraction of sp³-hybridized carbons (Fsp3) is 0.438. The lowest BCUT2D eigenvalue weighted by Gasteiger charge is -2.26. The average molecular weight is 359 g/mol. The number of carbonyl (C=O) groups excluding carboxylic acids is 1. The van der Waals surface area contributed by atoms with E-state index in [9.17, 15) is 14.9 Å². The maximum Gasteiger partial charge on any atom is 0.288 e. The van der Waals surface area contributed by atoms with Crippen molar-refractivity contribution in [1.29, 1.82) is 0 Å². The fourth-order valence-corrected chi connectivity index (χ4v) is 2.96. The van der Waals surface area contributed by atoms with Gasteiger partial charge in [-0.05, 0) is 25.9 Å². The fourth-order valence-electron chi connectivity index (χ4n) is 2.96. The molecule has 0 radical (unpaired) electrons. The van der Waals surface area contributed by atoms with Crippen LogP contribution in [0.15, 0.2) is 24.7 Å². The van der Waals surface area contributed by atoms with Gasteiger partial charge in [0.1, 0.15) is 12.0 Å². The van der Waals surface area contributed by atoms with Crippen LogP contribution in [0, 0.1) is 10.1 Å². The smallest absolute Gasteiger partial charge is 0.288 e. The Kier molecular flexibility index (Phi) is 5.42. The number of anilines is 2. The maximum atomic E-state index is 11.6. The minimum atomic E-state index is -0.791. The van der Waals surface area contributed by atoms with E-state index in [0.717, 1.165) is 38.4 Å². The molecule has 26 heavy (non-hydrogen) atoms. The summed E-state index contributed by atoms with van der Waals surface area (Å²) in [6, 6.07) is 1.11. The van der Waals surface area contributed by atoms with E-state index in [0.29, 0.717) is 5.69 Å². The highest BCUT2D eigenvalue weighted by Gasteiger charge is 2.17. The predicted molar refractivity (Wildman–Crippen MR) is 95.2 cm³/mol. The van der Waals surface area contributed by atoms with Gasteiger partial charge in [0.05, 0.1) is 28.9 Å². The van der Waals surface area contributed by atoms with Crippen molar-refractivity contribution in [2.24, 2.45) is 5.73 Å². The monoisotopic (exact) mass is 359 g/mol. The zero-order chi connectivity index (χ0) is 18.5. The molecule has 0 atom stereocenters. The van der Waals surface area contributed by atoms with E-state index in [1.807, 2.05) is 4.68 Å². The number of nitro groups is 1. The number of hydrogen-bond donors (Lipinski definition) is 2. The van der Waals surface area contributed by atoms with Crippen LogP contribution in [0.2, 0.25) is 0 Å². The standard InChI is InChI=1S/C16H21N7O3/c17-15(24)14-8-13(23(25)26)10-18-16(14)20-12-9-19-22(11-12)7-6-21-4-2-1-3-5-21/h8-11H,1-7H2,(H2,17,24)(H,18,20). The van der Waals surface area contributed by atoms with E-state index in [4.69, 9.17) is 5.73 Å². The van der Waals surface area contributed by atoms with E-state index in [1.54, 1.807) is 12.4 Å². The second-order valence-corrected chi connectivity index (χ2v) is 6.23. The van der Waals surface area contributed by atoms with Gasteiger partial charge in [-0.15, -0.1) is 0 Å². The van der Waals surface area contributed by atoms with Crippen molar-refractivity contribution >= 4 is 23.1 Å². The lowest BCUT2D eigenvalue weighted by atomic mass is 10.1. The lowest BCUT2D eigenvalue weighted by molar-refractivity contribution is -0.385. The number of likely N-dealkylation sites (tertiary alicyclic amines) is 1. The van der Waals surface area contributed by atoms with E-state index < -0.39 is 10.8 Å². The van der Waals surface area contributed by atoms with Crippen molar-refractivity contribution < 1.29 is 9.72 Å². The van der Waals surface area contributed by atoms with Gasteiger partial charge in [-0.2, -0.15) is 5.10 Å². The van der Waals surface area contributed by atoms with Gasteiger partial charge in [0.15, 0.2) is 0 Å². The number of aromatic nitrogens is 3. The molecule has 2 aromatic heterocycles. The van der Waals surface area contributed by atoms with Gasteiger partial charge < -0.3 is 16.0 Å². The number of carbonyl (C=O) groups is 1. The predicted octanol–water partition coefficient (Wildman–Crippen LogP) is 1.51. The largest absolute Gasteiger partial charge is 0.365 e. The molecular formula is C16H21N7O3. The van der Waals surface area contributed by atoms with Crippen LogP contribution in [0.4, 0.5) is 17.2 Å². The first-order chi connectivity index (χ1) is 12.5. The summed E-state index contributed by atoms with van der Waals surface area (Å²) >= 11 is 0. The Morgan fingerprint density at radius 3 is 2.73 bits per heavy atom. The molecule has 3 heterocycles. The summed E-state index contributed by atoms with van der Waals surface area (Å²) in [6.07, 6.45) is 8.29. The Hall–Kier alpha value is -3.01. The van der Waals surface area contributed by atoms with Gasteiger partial charge in [-0.25, -0.2) is 4.98 Å². The molecule has 0 unspecified atom stereocenters. The van der Waals surface area contributed by atoms with Crippen LogP contribution in [-0.4, -0.2) is 50.1 Å². The molecule has 1 aliphatic heterocycles. The summed E-state index contributed by atoms with van der Waals surface area (Å²) < 4.78 is 1.81. The molecule has 2 aromatic rings. The van der Waals surface area contributed by atoms with Crippen molar-refractivity contribution in [2.45, 2.75) is 25.8 Å². The van der Waals surface area contributed by atoms with Gasteiger partial charge in [0.25, 0.3) is 11.6 Å². The molecule has 3 N–H and O–H groups in total. The van der Waals surface area contributed by atoms with Crippen LogP contribution in [0.25, 0.3) is 0 Å². The maximum absolute atomic E-state index is 11.6.